The van der Waals surface area contributed by atoms with Crippen LogP contribution in [0, 0.1) is 24.1 Å². The molecule has 2 heterocycles. The van der Waals surface area contributed by atoms with E-state index in [0.29, 0.717) is 0 Å². The molecule has 0 fully saturated rings. The first kappa shape index (κ1) is 14.3. The van der Waals surface area contributed by atoms with Crippen LogP contribution in [0.5, 0.6) is 0 Å². The Balaban J connectivity index is 0.000000205. The van der Waals surface area contributed by atoms with Crippen LogP contribution in [0.15, 0.2) is 41.4 Å². The van der Waals surface area contributed by atoms with Crippen LogP contribution < -0.4 is 0 Å². The summed E-state index contributed by atoms with van der Waals surface area (Å²) < 4.78 is 13.0. The molecule has 3 aromatic rings. The molecule has 0 saturated carbocycles. The number of nitriles is 1. The van der Waals surface area contributed by atoms with Gasteiger partial charge >= 0.3 is 0 Å². The molecule has 0 amide bonds. The third kappa shape index (κ3) is 3.70. The van der Waals surface area contributed by atoms with Crippen molar-refractivity contribution in [3.8, 4) is 16.6 Å². The number of hydrogen-bond donors (Lipinski definition) is 0. The second-order valence-corrected chi connectivity index (χ2v) is 5.69. The van der Waals surface area contributed by atoms with E-state index in [4.69, 9.17) is 5.26 Å². The van der Waals surface area contributed by atoms with Gasteiger partial charge in [0.05, 0.1) is 10.6 Å². The fraction of sp³-hybridized carbons (Fsp3) is 0.0714. The first-order valence-corrected chi connectivity index (χ1v) is 7.42. The minimum absolute atomic E-state index is 0.0534. The number of rotatable bonds is 1. The molecule has 0 radical (unpaired) electrons. The highest BCUT2D eigenvalue weighted by Gasteiger charge is 2.05. The van der Waals surface area contributed by atoms with Crippen LogP contribution in [0.2, 0.25) is 0 Å². The van der Waals surface area contributed by atoms with E-state index in [0.717, 1.165) is 15.6 Å². The summed E-state index contributed by atoms with van der Waals surface area (Å²) in [5.41, 5.74) is 0.829. The highest BCUT2D eigenvalue weighted by Crippen LogP contribution is 2.23. The zero-order chi connectivity index (χ0) is 14.4. The molecule has 20 heavy (non-hydrogen) atoms. The summed E-state index contributed by atoms with van der Waals surface area (Å²) in [5.74, 6) is -0.493. The monoisotopic (exact) mass is 303 g/mol. The van der Waals surface area contributed by atoms with E-state index in [1.807, 2.05) is 17.7 Å². The van der Waals surface area contributed by atoms with Crippen molar-refractivity contribution in [2.45, 2.75) is 6.92 Å². The standard InChI is InChI=1S/C10H5FN2S.C4H5NS/c11-9-2-1-7(5-8(9)6-12)10-13-3-4-14-10;1-4-5-2-3-6-4/h1-5H;2-3H,1H3. The number of hydrogen-bond acceptors (Lipinski definition) is 5. The molecule has 0 bridgehead atoms. The molecule has 1 aromatic carbocycles. The summed E-state index contributed by atoms with van der Waals surface area (Å²) in [4.78, 5) is 8.01. The molecule has 6 heteroatoms. The maximum Gasteiger partial charge on any atom is 0.140 e. The molecule has 100 valence electrons. The van der Waals surface area contributed by atoms with Gasteiger partial charge in [-0.1, -0.05) is 0 Å². The van der Waals surface area contributed by atoms with Gasteiger partial charge < -0.3 is 0 Å². The minimum atomic E-state index is -0.493. The largest absolute Gasteiger partial charge is 0.250 e. The molecule has 3 nitrogen and oxygen atoms in total. The number of benzene rings is 1. The van der Waals surface area contributed by atoms with Crippen molar-refractivity contribution in [3.63, 3.8) is 0 Å². The maximum atomic E-state index is 13.0. The fourth-order valence-electron chi connectivity index (χ4n) is 1.40. The summed E-state index contributed by atoms with van der Waals surface area (Å²) in [5, 5.41) is 14.4. The van der Waals surface area contributed by atoms with Crippen LogP contribution in [0.4, 0.5) is 4.39 Å². The Labute approximate surface area is 124 Å². The van der Waals surface area contributed by atoms with Gasteiger partial charge in [-0.25, -0.2) is 9.37 Å². The molecular weight excluding hydrogens is 293 g/mol. The molecule has 0 atom stereocenters. The highest BCUT2D eigenvalue weighted by molar-refractivity contribution is 7.13. The Morgan fingerprint density at radius 3 is 2.40 bits per heavy atom. The van der Waals surface area contributed by atoms with Gasteiger partial charge in [0.2, 0.25) is 0 Å². The van der Waals surface area contributed by atoms with Crippen molar-refractivity contribution >= 4 is 22.7 Å². The second kappa shape index (κ2) is 6.89. The quantitative estimate of drug-likeness (QED) is 0.674. The average Bonchev–Trinajstić information content (AvgIpc) is 3.13. The smallest absolute Gasteiger partial charge is 0.140 e. The highest BCUT2D eigenvalue weighted by atomic mass is 32.1. The normalized spacial score (nSPS) is 9.45. The summed E-state index contributed by atoms with van der Waals surface area (Å²) >= 11 is 3.12. The SMILES string of the molecule is Cc1nccs1.N#Cc1cc(-c2nccs2)ccc1F. The van der Waals surface area contributed by atoms with E-state index >= 15 is 0 Å². The predicted octanol–water partition coefficient (Wildman–Crippen LogP) is 4.27. The molecule has 0 spiro atoms. The average molecular weight is 303 g/mol. The van der Waals surface area contributed by atoms with Crippen LogP contribution in [0.3, 0.4) is 0 Å². The van der Waals surface area contributed by atoms with Crippen LogP contribution in [-0.4, -0.2) is 9.97 Å². The summed E-state index contributed by atoms with van der Waals surface area (Å²) in [7, 11) is 0. The van der Waals surface area contributed by atoms with Crippen molar-refractivity contribution < 1.29 is 4.39 Å². The molecule has 0 N–H and O–H groups in total. The number of halogens is 1. The number of nitrogens with zero attached hydrogens (tertiary/aromatic N) is 3. The van der Waals surface area contributed by atoms with Crippen LogP contribution >= 0.6 is 22.7 Å². The topological polar surface area (TPSA) is 49.6 Å². The fourth-order valence-corrected chi connectivity index (χ4v) is 2.48. The van der Waals surface area contributed by atoms with Gasteiger partial charge in [0.25, 0.3) is 0 Å². The van der Waals surface area contributed by atoms with E-state index in [-0.39, 0.29) is 5.56 Å². The molecule has 0 saturated heterocycles. The lowest BCUT2D eigenvalue weighted by molar-refractivity contribution is 0.624. The van der Waals surface area contributed by atoms with Crippen molar-refractivity contribution in [2.24, 2.45) is 0 Å². The van der Waals surface area contributed by atoms with E-state index in [9.17, 15) is 4.39 Å². The van der Waals surface area contributed by atoms with E-state index in [1.165, 1.54) is 23.5 Å². The van der Waals surface area contributed by atoms with Crippen molar-refractivity contribution in [3.05, 3.63) is 57.7 Å². The zero-order valence-corrected chi connectivity index (χ0v) is 12.2. The molecule has 0 aliphatic carbocycles. The predicted molar refractivity (Wildman–Crippen MR) is 79.1 cm³/mol. The zero-order valence-electron chi connectivity index (χ0n) is 10.6. The Morgan fingerprint density at radius 2 is 1.90 bits per heavy atom. The summed E-state index contributed by atoms with van der Waals surface area (Å²) in [6.07, 6.45) is 3.48. The van der Waals surface area contributed by atoms with Crippen molar-refractivity contribution in [1.29, 1.82) is 5.26 Å². The van der Waals surface area contributed by atoms with Crippen molar-refractivity contribution in [2.75, 3.05) is 0 Å². The molecule has 0 aliphatic heterocycles. The number of aromatic nitrogens is 2. The number of aryl methyl sites for hydroxylation is 1. The van der Waals surface area contributed by atoms with Gasteiger partial charge in [-0.3, -0.25) is 4.98 Å². The van der Waals surface area contributed by atoms with Crippen LogP contribution in [0.25, 0.3) is 10.6 Å². The lowest BCUT2D eigenvalue weighted by atomic mass is 10.1. The second-order valence-electron chi connectivity index (χ2n) is 3.69. The molecule has 3 rings (SSSR count). The Morgan fingerprint density at radius 1 is 1.15 bits per heavy atom. The van der Waals surface area contributed by atoms with Gasteiger partial charge in [-0.05, 0) is 25.1 Å². The van der Waals surface area contributed by atoms with Crippen molar-refractivity contribution in [1.82, 2.24) is 9.97 Å². The van der Waals surface area contributed by atoms with Gasteiger partial charge in [0.1, 0.15) is 16.9 Å². The Kier molecular flexibility index (Phi) is 4.93. The van der Waals surface area contributed by atoms with E-state index in [1.54, 1.807) is 35.9 Å². The van der Waals surface area contributed by atoms with E-state index in [2.05, 4.69) is 9.97 Å². The van der Waals surface area contributed by atoms with E-state index < -0.39 is 5.82 Å². The Bertz CT molecular complexity index is 701. The van der Waals surface area contributed by atoms with Crippen LogP contribution in [0.1, 0.15) is 10.6 Å². The third-order valence-corrected chi connectivity index (χ3v) is 3.85. The number of thiazole rings is 2. The molecule has 2 aromatic heterocycles. The third-order valence-electron chi connectivity index (χ3n) is 2.32. The Hall–Kier alpha value is -2.10. The minimum Gasteiger partial charge on any atom is -0.250 e. The van der Waals surface area contributed by atoms with Gasteiger partial charge in [0.15, 0.2) is 0 Å². The maximum absolute atomic E-state index is 13.0. The molecule has 0 unspecified atom stereocenters. The van der Waals surface area contributed by atoms with Gasteiger partial charge in [0, 0.05) is 28.7 Å². The first-order chi connectivity index (χ1) is 9.70. The molecular formula is C14H10FN3S2. The lowest BCUT2D eigenvalue weighted by Crippen LogP contribution is -1.84. The first-order valence-electron chi connectivity index (χ1n) is 5.66. The summed E-state index contributed by atoms with van der Waals surface area (Å²) in [6, 6.07) is 6.21. The lowest BCUT2D eigenvalue weighted by Gasteiger charge is -1.97. The van der Waals surface area contributed by atoms with Crippen LogP contribution in [-0.2, 0) is 0 Å². The molecule has 0 aliphatic rings. The summed E-state index contributed by atoms with van der Waals surface area (Å²) in [6.45, 7) is 1.99. The van der Waals surface area contributed by atoms with Gasteiger partial charge in [-0.15, -0.1) is 22.7 Å². The van der Waals surface area contributed by atoms with Gasteiger partial charge in [-0.2, -0.15) is 5.26 Å².